The standard InChI is InChI=1S/C28H28F2N3O13P/c1-40-18-9-16-10-19(45-23(16)20(11-18)41-2)13-42-17-5-3-15(4-6-17)12-43-27(36)32-22-7-8-33(26(35)31-22)25-28(29,30)24(34)21(46-25)14-44-47(37,38)39/h3-11,21,24-25,34H,12-14H2,1-2H3,(H2,37,38,39)(H,31,32,35,36)/p-1/t21?,24-,25-/m1/s1. The zero-order valence-electron chi connectivity index (χ0n) is 24.5. The number of aromatic nitrogens is 2. The van der Waals surface area contributed by atoms with E-state index >= 15 is 0 Å². The van der Waals surface area contributed by atoms with Gasteiger partial charge in [0.25, 0.3) is 7.82 Å². The number of ether oxygens (including phenoxy) is 5. The molecule has 0 radical (unpaired) electrons. The molecule has 4 atom stereocenters. The van der Waals surface area contributed by atoms with Gasteiger partial charge in [-0.15, -0.1) is 0 Å². The average Bonchev–Trinajstić information content (AvgIpc) is 3.54. The van der Waals surface area contributed by atoms with E-state index in [2.05, 4.69) is 14.8 Å². The van der Waals surface area contributed by atoms with Crippen LogP contribution in [0.3, 0.4) is 0 Å². The minimum absolute atomic E-state index is 0.124. The molecule has 0 spiro atoms. The number of carbonyl (C=O) groups excluding carboxylic acids is 1. The lowest BCUT2D eigenvalue weighted by Gasteiger charge is -2.21. The third-order valence-electron chi connectivity index (χ3n) is 6.83. The van der Waals surface area contributed by atoms with Crippen LogP contribution < -0.4 is 30.1 Å². The van der Waals surface area contributed by atoms with Crippen molar-refractivity contribution in [2.45, 2.75) is 37.6 Å². The van der Waals surface area contributed by atoms with Crippen molar-refractivity contribution in [2.75, 3.05) is 26.1 Å². The molecule has 0 aliphatic carbocycles. The number of hydrogen-bond acceptors (Lipinski definition) is 13. The van der Waals surface area contributed by atoms with Gasteiger partial charge in [0.05, 0.1) is 20.8 Å². The second-order valence-electron chi connectivity index (χ2n) is 10.0. The van der Waals surface area contributed by atoms with E-state index in [1.54, 1.807) is 37.4 Å². The van der Waals surface area contributed by atoms with Gasteiger partial charge in [-0.3, -0.25) is 14.4 Å². The summed E-state index contributed by atoms with van der Waals surface area (Å²) in [6.45, 7) is -1.19. The molecule has 47 heavy (non-hydrogen) atoms. The Labute approximate surface area is 263 Å². The Hall–Kier alpha value is -4.58. The lowest BCUT2D eigenvalue weighted by molar-refractivity contribution is -0.222. The van der Waals surface area contributed by atoms with Crippen LogP contribution >= 0.6 is 7.82 Å². The van der Waals surface area contributed by atoms with Gasteiger partial charge in [-0.05, 0) is 35.9 Å². The van der Waals surface area contributed by atoms with Crippen LogP contribution in [-0.4, -0.2) is 64.6 Å². The number of aliphatic hydroxyl groups is 1. The molecule has 5 rings (SSSR count). The highest BCUT2D eigenvalue weighted by Crippen LogP contribution is 2.43. The van der Waals surface area contributed by atoms with Crippen molar-refractivity contribution in [1.82, 2.24) is 9.55 Å². The number of phosphoric acid groups is 1. The second kappa shape index (κ2) is 13.6. The molecule has 1 saturated heterocycles. The second-order valence-corrected chi connectivity index (χ2v) is 11.2. The van der Waals surface area contributed by atoms with Gasteiger partial charge >= 0.3 is 17.7 Å². The zero-order chi connectivity index (χ0) is 33.9. The van der Waals surface area contributed by atoms with Crippen LogP contribution in [0.2, 0.25) is 0 Å². The molecular formula is C28H27F2N3O13P-. The predicted octanol–water partition coefficient (Wildman–Crippen LogP) is 2.71. The van der Waals surface area contributed by atoms with E-state index < -0.39 is 50.6 Å². The zero-order valence-corrected chi connectivity index (χ0v) is 25.4. The van der Waals surface area contributed by atoms with Crippen LogP contribution in [0.5, 0.6) is 17.2 Å². The number of nitrogens with zero attached hydrogens (tertiary/aromatic N) is 2. The van der Waals surface area contributed by atoms with Crippen molar-refractivity contribution in [2.24, 2.45) is 0 Å². The Morgan fingerprint density at radius 3 is 2.53 bits per heavy atom. The highest BCUT2D eigenvalue weighted by atomic mass is 31.2. The fourth-order valence-electron chi connectivity index (χ4n) is 4.55. The first kappa shape index (κ1) is 33.8. The first-order valence-electron chi connectivity index (χ1n) is 13.6. The quantitative estimate of drug-likeness (QED) is 0.183. The van der Waals surface area contributed by atoms with E-state index in [0.29, 0.717) is 38.7 Å². The molecule has 2 unspecified atom stereocenters. The van der Waals surface area contributed by atoms with Gasteiger partial charge in [-0.2, -0.15) is 13.8 Å². The molecule has 1 amide bonds. The number of fused-ring (bicyclic) bond motifs is 1. The fourth-order valence-corrected chi connectivity index (χ4v) is 4.88. The molecular weight excluding hydrogens is 655 g/mol. The fraction of sp³-hybridized carbons (Fsp3) is 0.321. The number of alkyl halides is 2. The number of benzene rings is 2. The molecule has 1 aliphatic heterocycles. The van der Waals surface area contributed by atoms with Crippen LogP contribution in [0.25, 0.3) is 11.0 Å². The molecule has 16 nitrogen and oxygen atoms in total. The summed E-state index contributed by atoms with van der Waals surface area (Å²) in [4.78, 5) is 47.7. The molecule has 0 bridgehead atoms. The molecule has 2 aromatic carbocycles. The minimum atomic E-state index is -5.29. The molecule has 1 fully saturated rings. The van der Waals surface area contributed by atoms with Gasteiger partial charge < -0.3 is 47.5 Å². The summed E-state index contributed by atoms with van der Waals surface area (Å²) < 4.78 is 76.6. The monoisotopic (exact) mass is 682 g/mol. The van der Waals surface area contributed by atoms with E-state index in [9.17, 15) is 32.9 Å². The number of amides is 1. The number of anilines is 1. The average molecular weight is 683 g/mol. The largest absolute Gasteiger partial charge is 0.756 e. The maximum absolute atomic E-state index is 14.6. The van der Waals surface area contributed by atoms with E-state index in [-0.39, 0.29) is 19.0 Å². The van der Waals surface area contributed by atoms with Crippen molar-refractivity contribution in [3.8, 4) is 17.2 Å². The van der Waals surface area contributed by atoms with Gasteiger partial charge in [-0.1, -0.05) is 12.1 Å². The van der Waals surface area contributed by atoms with Gasteiger partial charge in [0, 0.05) is 17.6 Å². The van der Waals surface area contributed by atoms with Gasteiger partial charge in [0.15, 0.2) is 17.4 Å². The predicted molar refractivity (Wildman–Crippen MR) is 153 cm³/mol. The maximum Gasteiger partial charge on any atom is 0.413 e. The lowest BCUT2D eigenvalue weighted by atomic mass is 10.1. The van der Waals surface area contributed by atoms with Crippen molar-refractivity contribution in [1.29, 1.82) is 0 Å². The van der Waals surface area contributed by atoms with E-state index in [0.717, 1.165) is 17.6 Å². The Bertz CT molecular complexity index is 1840. The third kappa shape index (κ3) is 7.87. The summed E-state index contributed by atoms with van der Waals surface area (Å²) in [5.41, 5.74) is -0.155. The normalized spacial score (nSPS) is 20.0. The van der Waals surface area contributed by atoms with Crippen molar-refractivity contribution >= 4 is 30.7 Å². The third-order valence-corrected chi connectivity index (χ3v) is 7.31. The van der Waals surface area contributed by atoms with Crippen LogP contribution in [0.4, 0.5) is 19.4 Å². The SMILES string of the molecule is COc1cc(OC)c2oc(COc3ccc(COC(=O)Nc4ccn([C@@H]5OC(COP(=O)([O-])O)[C@@H](O)C5(F)F)c(=O)n4)cc3)cc2c1. The van der Waals surface area contributed by atoms with Crippen molar-refractivity contribution in [3.05, 3.63) is 76.5 Å². The summed E-state index contributed by atoms with van der Waals surface area (Å²) in [7, 11) is -2.22. The number of methoxy groups -OCH3 is 2. The summed E-state index contributed by atoms with van der Waals surface area (Å²) in [5.74, 6) is -2.22. The number of hydrogen-bond donors (Lipinski definition) is 3. The van der Waals surface area contributed by atoms with Crippen LogP contribution in [-0.2, 0) is 31.8 Å². The highest BCUT2D eigenvalue weighted by molar-refractivity contribution is 7.44. The van der Waals surface area contributed by atoms with Crippen molar-refractivity contribution < 1.29 is 65.7 Å². The molecule has 2 aromatic heterocycles. The van der Waals surface area contributed by atoms with E-state index in [1.807, 2.05) is 12.1 Å². The number of nitrogens with one attached hydrogen (secondary N) is 1. The Kier molecular flexibility index (Phi) is 9.81. The molecule has 252 valence electrons. The van der Waals surface area contributed by atoms with Crippen molar-refractivity contribution in [3.63, 3.8) is 0 Å². The van der Waals surface area contributed by atoms with E-state index in [4.69, 9.17) is 33.0 Å². The van der Waals surface area contributed by atoms with Gasteiger partial charge in [-0.25, -0.2) is 9.59 Å². The number of rotatable bonds is 12. The first-order chi connectivity index (χ1) is 22.3. The Balaban J connectivity index is 1.12. The molecule has 0 saturated carbocycles. The molecule has 19 heteroatoms. The lowest BCUT2D eigenvalue weighted by Crippen LogP contribution is -2.42. The van der Waals surface area contributed by atoms with Gasteiger partial charge in [0.2, 0.25) is 6.23 Å². The Morgan fingerprint density at radius 1 is 1.13 bits per heavy atom. The molecule has 4 aromatic rings. The smallest absolute Gasteiger partial charge is 0.413 e. The first-order valence-corrected chi connectivity index (χ1v) is 15.1. The van der Waals surface area contributed by atoms with Gasteiger partial charge in [0.1, 0.15) is 42.4 Å². The summed E-state index contributed by atoms with van der Waals surface area (Å²) in [5, 5.41) is 12.8. The molecule has 3 heterocycles. The number of furan rings is 1. The van der Waals surface area contributed by atoms with E-state index in [1.165, 1.54) is 7.11 Å². The number of halogens is 2. The number of phosphoric ester groups is 1. The summed E-state index contributed by atoms with van der Waals surface area (Å²) in [6.07, 6.45) is -7.06. The number of carbonyl (C=O) groups is 1. The summed E-state index contributed by atoms with van der Waals surface area (Å²) >= 11 is 0. The maximum atomic E-state index is 14.6. The molecule has 1 aliphatic rings. The topological polar surface area (TPSA) is 213 Å². The highest BCUT2D eigenvalue weighted by Gasteiger charge is 2.59. The minimum Gasteiger partial charge on any atom is -0.756 e. The Morgan fingerprint density at radius 2 is 1.87 bits per heavy atom. The summed E-state index contributed by atoms with van der Waals surface area (Å²) in [6, 6.07) is 12.9. The number of aliphatic hydroxyl groups excluding tert-OH is 1. The van der Waals surface area contributed by atoms with Crippen LogP contribution in [0, 0.1) is 0 Å². The van der Waals surface area contributed by atoms with Crippen LogP contribution in [0.1, 0.15) is 17.6 Å². The molecule has 3 N–H and O–H groups in total. The van der Waals surface area contributed by atoms with Crippen LogP contribution in [0.15, 0.2) is 63.9 Å².